The number of hydrogen-bond acceptors (Lipinski definition) is 7. The topological polar surface area (TPSA) is 94.1 Å². The van der Waals surface area contributed by atoms with Crippen LogP contribution in [-0.2, 0) is 0 Å². The van der Waals surface area contributed by atoms with Gasteiger partial charge in [-0.1, -0.05) is 36.4 Å². The van der Waals surface area contributed by atoms with E-state index in [0.29, 0.717) is 17.8 Å². The van der Waals surface area contributed by atoms with E-state index in [1.165, 1.54) is 0 Å². The van der Waals surface area contributed by atoms with Gasteiger partial charge in [0, 0.05) is 41.4 Å². The quantitative estimate of drug-likeness (QED) is 0.334. The zero-order valence-electron chi connectivity index (χ0n) is 16.4. The van der Waals surface area contributed by atoms with E-state index >= 15 is 0 Å². The number of benzene rings is 2. The van der Waals surface area contributed by atoms with E-state index < -0.39 is 0 Å². The average Bonchev–Trinajstić information content (AvgIpc) is 3.45. The van der Waals surface area contributed by atoms with Gasteiger partial charge in [-0.15, -0.1) is 0 Å². The first-order valence-corrected chi connectivity index (χ1v) is 10.0. The number of para-hydroxylation sites is 2. The molecule has 0 saturated carbocycles. The second-order valence-corrected chi connectivity index (χ2v) is 7.13. The van der Waals surface area contributed by atoms with Crippen LogP contribution < -0.4 is 15.6 Å². The van der Waals surface area contributed by atoms with Crippen LogP contribution in [-0.4, -0.2) is 39.2 Å². The normalized spacial score (nSPS) is 13.9. The molecule has 1 fully saturated rings. The van der Waals surface area contributed by atoms with E-state index in [2.05, 4.69) is 46.7 Å². The summed E-state index contributed by atoms with van der Waals surface area (Å²) in [5, 5.41) is 8.72. The number of rotatable bonds is 6. The lowest BCUT2D eigenvalue weighted by molar-refractivity contribution is 0.883. The van der Waals surface area contributed by atoms with Crippen molar-refractivity contribution in [3.63, 3.8) is 0 Å². The van der Waals surface area contributed by atoms with Crippen molar-refractivity contribution in [3.05, 3.63) is 66.4 Å². The van der Waals surface area contributed by atoms with Crippen molar-refractivity contribution >= 4 is 40.6 Å². The molecule has 5 rings (SSSR count). The summed E-state index contributed by atoms with van der Waals surface area (Å²) in [5.41, 5.74) is 5.95. The van der Waals surface area contributed by atoms with Gasteiger partial charge in [-0.25, -0.2) is 5.43 Å². The van der Waals surface area contributed by atoms with Gasteiger partial charge in [0.1, 0.15) is 0 Å². The number of nitrogens with one attached hydrogen (secondary N) is 3. The van der Waals surface area contributed by atoms with Gasteiger partial charge in [-0.05, 0) is 31.0 Å². The molecule has 0 radical (unpaired) electrons. The van der Waals surface area contributed by atoms with Crippen molar-refractivity contribution in [2.24, 2.45) is 5.10 Å². The zero-order valence-corrected chi connectivity index (χ0v) is 16.4. The fourth-order valence-corrected chi connectivity index (χ4v) is 3.54. The van der Waals surface area contributed by atoms with Crippen molar-refractivity contribution in [1.29, 1.82) is 0 Å². The predicted octanol–water partition coefficient (Wildman–Crippen LogP) is 4.14. The zero-order chi connectivity index (χ0) is 20.2. The molecule has 1 saturated heterocycles. The lowest BCUT2D eigenvalue weighted by atomic mass is 10.2. The lowest BCUT2D eigenvalue weighted by Crippen LogP contribution is -2.21. The molecule has 2 aromatic heterocycles. The molecule has 0 amide bonds. The van der Waals surface area contributed by atoms with Crippen LogP contribution in [0.1, 0.15) is 18.4 Å². The summed E-state index contributed by atoms with van der Waals surface area (Å²) in [5.74, 6) is 1.55. The molecule has 1 aliphatic heterocycles. The maximum atomic E-state index is 4.61. The largest absolute Gasteiger partial charge is 0.361 e. The van der Waals surface area contributed by atoms with Crippen LogP contribution in [0.4, 0.5) is 23.5 Å². The second kappa shape index (κ2) is 8.20. The van der Waals surface area contributed by atoms with Crippen LogP contribution in [0, 0.1) is 0 Å². The van der Waals surface area contributed by atoms with Gasteiger partial charge in [-0.3, -0.25) is 0 Å². The van der Waals surface area contributed by atoms with Crippen LogP contribution >= 0.6 is 0 Å². The molecule has 30 heavy (non-hydrogen) atoms. The van der Waals surface area contributed by atoms with Gasteiger partial charge >= 0.3 is 0 Å². The third-order valence-electron chi connectivity index (χ3n) is 5.03. The number of aromatic nitrogens is 4. The number of fused-ring (bicyclic) bond motifs is 1. The summed E-state index contributed by atoms with van der Waals surface area (Å²) in [6.45, 7) is 1.90. The van der Waals surface area contributed by atoms with Gasteiger partial charge < -0.3 is 15.2 Å². The van der Waals surface area contributed by atoms with Crippen LogP contribution in [0.5, 0.6) is 0 Å². The Labute approximate surface area is 174 Å². The third-order valence-corrected chi connectivity index (χ3v) is 5.03. The first kappa shape index (κ1) is 18.1. The van der Waals surface area contributed by atoms with Crippen LogP contribution in [0.25, 0.3) is 10.9 Å². The fraction of sp³-hybridized carbons (Fsp3) is 0.182. The van der Waals surface area contributed by atoms with Crippen molar-refractivity contribution in [3.8, 4) is 0 Å². The maximum absolute atomic E-state index is 4.61. The van der Waals surface area contributed by atoms with Gasteiger partial charge in [-0.2, -0.15) is 20.1 Å². The molecule has 0 atom stereocenters. The van der Waals surface area contributed by atoms with Crippen LogP contribution in [0.3, 0.4) is 0 Å². The summed E-state index contributed by atoms with van der Waals surface area (Å²) in [6.07, 6.45) is 5.99. The Bertz CT molecular complexity index is 1160. The van der Waals surface area contributed by atoms with Crippen molar-refractivity contribution in [2.75, 3.05) is 28.7 Å². The highest BCUT2D eigenvalue weighted by Gasteiger charge is 2.17. The van der Waals surface area contributed by atoms with Gasteiger partial charge in [0.05, 0.1) is 6.21 Å². The third kappa shape index (κ3) is 3.93. The monoisotopic (exact) mass is 398 g/mol. The van der Waals surface area contributed by atoms with Gasteiger partial charge in [0.15, 0.2) is 0 Å². The molecule has 3 heterocycles. The molecule has 0 bridgehead atoms. The molecular weight excluding hydrogens is 376 g/mol. The van der Waals surface area contributed by atoms with Gasteiger partial charge in [0.25, 0.3) is 0 Å². The SMILES string of the molecule is C(=N\Nc1nc(Nc2ccccc2)nc(N2CCCC2)n1)/c1c[nH]c2ccccc12. The first-order chi connectivity index (χ1) is 14.8. The minimum Gasteiger partial charge on any atom is -0.361 e. The number of aromatic amines is 1. The summed E-state index contributed by atoms with van der Waals surface area (Å²) < 4.78 is 0. The molecule has 3 N–H and O–H groups in total. The summed E-state index contributed by atoms with van der Waals surface area (Å²) in [6, 6.07) is 18.0. The smallest absolute Gasteiger partial charge is 0.250 e. The first-order valence-electron chi connectivity index (χ1n) is 10.0. The van der Waals surface area contributed by atoms with Crippen molar-refractivity contribution in [1.82, 2.24) is 19.9 Å². The summed E-state index contributed by atoms with van der Waals surface area (Å²) in [7, 11) is 0. The molecule has 0 spiro atoms. The minimum atomic E-state index is 0.404. The van der Waals surface area contributed by atoms with E-state index in [9.17, 15) is 0 Å². The Hall–Kier alpha value is -3.94. The van der Waals surface area contributed by atoms with E-state index in [4.69, 9.17) is 0 Å². The molecule has 1 aliphatic rings. The Morgan fingerprint density at radius 1 is 0.900 bits per heavy atom. The number of hydrogen-bond donors (Lipinski definition) is 3. The van der Waals surface area contributed by atoms with E-state index in [1.54, 1.807) is 6.21 Å². The van der Waals surface area contributed by atoms with E-state index in [1.807, 2.05) is 54.7 Å². The van der Waals surface area contributed by atoms with Crippen molar-refractivity contribution < 1.29 is 0 Å². The van der Waals surface area contributed by atoms with Crippen LogP contribution in [0.2, 0.25) is 0 Å². The molecule has 8 heteroatoms. The molecule has 2 aromatic carbocycles. The molecule has 150 valence electrons. The molecule has 0 aliphatic carbocycles. The van der Waals surface area contributed by atoms with Gasteiger partial charge in [0.2, 0.25) is 17.8 Å². The van der Waals surface area contributed by atoms with E-state index in [0.717, 1.165) is 48.1 Å². The number of anilines is 4. The highest BCUT2D eigenvalue weighted by atomic mass is 15.4. The summed E-state index contributed by atoms with van der Waals surface area (Å²) in [4.78, 5) is 19.1. The predicted molar refractivity (Wildman–Crippen MR) is 121 cm³/mol. The Morgan fingerprint density at radius 2 is 1.67 bits per heavy atom. The Balaban J connectivity index is 1.40. The molecular formula is C22H22N8. The fourth-order valence-electron chi connectivity index (χ4n) is 3.54. The molecule has 8 nitrogen and oxygen atoms in total. The number of H-pyrrole nitrogens is 1. The number of nitrogens with zero attached hydrogens (tertiary/aromatic N) is 5. The van der Waals surface area contributed by atoms with Crippen LogP contribution in [0.15, 0.2) is 65.9 Å². The lowest BCUT2D eigenvalue weighted by Gasteiger charge is -2.16. The van der Waals surface area contributed by atoms with Crippen molar-refractivity contribution in [2.45, 2.75) is 12.8 Å². The standard InChI is InChI=1S/C22H22N8/c1-2-8-17(9-3-1)25-20-26-21(28-22(27-20)30-12-6-7-13-30)29-24-15-16-14-23-19-11-5-4-10-18(16)19/h1-5,8-11,14-15,23H,6-7,12-13H2,(H2,25,26,27,28,29)/b24-15+. The molecule has 4 aromatic rings. The molecule has 0 unspecified atom stereocenters. The second-order valence-electron chi connectivity index (χ2n) is 7.13. The highest BCUT2D eigenvalue weighted by molar-refractivity contribution is 5.99. The Morgan fingerprint density at radius 3 is 2.53 bits per heavy atom. The van der Waals surface area contributed by atoms with E-state index in [-0.39, 0.29) is 0 Å². The maximum Gasteiger partial charge on any atom is 0.250 e. The Kier molecular flexibility index (Phi) is 4.95. The number of hydrazone groups is 1. The summed E-state index contributed by atoms with van der Waals surface area (Å²) >= 11 is 0. The average molecular weight is 398 g/mol. The highest BCUT2D eigenvalue weighted by Crippen LogP contribution is 2.21. The minimum absolute atomic E-state index is 0.404.